The molecule has 1 N–H and O–H groups in total. The van der Waals surface area contributed by atoms with Gasteiger partial charge in [0.2, 0.25) is 0 Å². The summed E-state index contributed by atoms with van der Waals surface area (Å²) in [5, 5.41) is 11.0. The smallest absolute Gasteiger partial charge is 0.0540 e. The average Bonchev–Trinajstić information content (AvgIpc) is 2.80. The van der Waals surface area contributed by atoms with Crippen molar-refractivity contribution in [1.29, 1.82) is 0 Å². The SMILES string of the molecule is CC(O)C1CCC(c2ccc3ccn(C)c3c2)CC1. The van der Waals surface area contributed by atoms with Gasteiger partial charge in [-0.1, -0.05) is 12.1 Å². The standard InChI is InChI=1S/C17H23NO/c1-12(19)13-3-5-14(6-4-13)16-8-7-15-9-10-18(2)17(15)11-16/h7-14,19H,3-6H2,1-2H3. The largest absolute Gasteiger partial charge is 0.393 e. The summed E-state index contributed by atoms with van der Waals surface area (Å²) in [4.78, 5) is 0. The van der Waals surface area contributed by atoms with E-state index in [4.69, 9.17) is 0 Å². The molecule has 0 radical (unpaired) electrons. The van der Waals surface area contributed by atoms with Crippen LogP contribution >= 0.6 is 0 Å². The monoisotopic (exact) mass is 257 g/mol. The van der Waals surface area contributed by atoms with Crippen molar-refractivity contribution in [2.24, 2.45) is 13.0 Å². The summed E-state index contributed by atoms with van der Waals surface area (Å²) < 4.78 is 2.19. The van der Waals surface area contributed by atoms with E-state index in [-0.39, 0.29) is 6.10 Å². The molecule has 1 fully saturated rings. The van der Waals surface area contributed by atoms with Gasteiger partial charge in [-0.2, -0.15) is 0 Å². The van der Waals surface area contributed by atoms with Crippen molar-refractivity contribution in [2.75, 3.05) is 0 Å². The van der Waals surface area contributed by atoms with Gasteiger partial charge in [-0.15, -0.1) is 0 Å². The zero-order valence-electron chi connectivity index (χ0n) is 11.8. The van der Waals surface area contributed by atoms with Gasteiger partial charge in [0.25, 0.3) is 0 Å². The van der Waals surface area contributed by atoms with E-state index in [9.17, 15) is 5.11 Å². The summed E-state index contributed by atoms with van der Waals surface area (Å²) in [7, 11) is 2.11. The third-order valence-electron chi connectivity index (χ3n) is 4.84. The summed E-state index contributed by atoms with van der Waals surface area (Å²) >= 11 is 0. The highest BCUT2D eigenvalue weighted by Gasteiger charge is 2.25. The number of benzene rings is 1. The molecule has 1 unspecified atom stereocenters. The van der Waals surface area contributed by atoms with Crippen LogP contribution < -0.4 is 0 Å². The lowest BCUT2D eigenvalue weighted by molar-refractivity contribution is 0.0967. The van der Waals surface area contributed by atoms with Crippen LogP contribution in [0.15, 0.2) is 30.5 Å². The van der Waals surface area contributed by atoms with E-state index in [2.05, 4.69) is 42.1 Å². The minimum absolute atomic E-state index is 0.142. The molecule has 2 heteroatoms. The molecule has 0 aliphatic heterocycles. The highest BCUT2D eigenvalue weighted by atomic mass is 16.3. The number of aliphatic hydroxyl groups is 1. The number of aliphatic hydroxyl groups excluding tert-OH is 1. The molecule has 1 aromatic heterocycles. The van der Waals surface area contributed by atoms with Crippen LogP contribution in [0.5, 0.6) is 0 Å². The molecule has 1 atom stereocenters. The van der Waals surface area contributed by atoms with Crippen molar-refractivity contribution in [3.8, 4) is 0 Å². The van der Waals surface area contributed by atoms with Gasteiger partial charge in [0, 0.05) is 18.8 Å². The van der Waals surface area contributed by atoms with Crippen molar-refractivity contribution in [3.63, 3.8) is 0 Å². The molecular weight excluding hydrogens is 234 g/mol. The van der Waals surface area contributed by atoms with Crippen LogP contribution in [-0.4, -0.2) is 15.8 Å². The number of hydrogen-bond donors (Lipinski definition) is 1. The number of hydrogen-bond acceptors (Lipinski definition) is 1. The summed E-state index contributed by atoms with van der Waals surface area (Å²) in [6.45, 7) is 1.93. The topological polar surface area (TPSA) is 25.2 Å². The van der Waals surface area contributed by atoms with Gasteiger partial charge in [-0.05, 0) is 67.5 Å². The second-order valence-corrected chi connectivity index (χ2v) is 6.10. The highest BCUT2D eigenvalue weighted by molar-refractivity contribution is 5.80. The number of aryl methyl sites for hydroxylation is 1. The molecule has 19 heavy (non-hydrogen) atoms. The Balaban J connectivity index is 1.79. The fourth-order valence-electron chi connectivity index (χ4n) is 3.47. The maximum atomic E-state index is 9.68. The Morgan fingerprint density at radius 2 is 1.89 bits per heavy atom. The first-order chi connectivity index (χ1) is 9.15. The van der Waals surface area contributed by atoms with Crippen LogP contribution in [0.2, 0.25) is 0 Å². The summed E-state index contributed by atoms with van der Waals surface area (Å²) in [5.74, 6) is 1.18. The zero-order chi connectivity index (χ0) is 13.4. The second kappa shape index (κ2) is 5.01. The Labute approximate surface area is 115 Å². The Bertz CT molecular complexity index is 562. The fourth-order valence-corrected chi connectivity index (χ4v) is 3.47. The van der Waals surface area contributed by atoms with Gasteiger partial charge in [0.05, 0.1) is 6.10 Å². The quantitative estimate of drug-likeness (QED) is 0.869. The van der Waals surface area contributed by atoms with Crippen LogP contribution in [0, 0.1) is 5.92 Å². The fraction of sp³-hybridized carbons (Fsp3) is 0.529. The second-order valence-electron chi connectivity index (χ2n) is 6.10. The third-order valence-corrected chi connectivity index (χ3v) is 4.84. The Morgan fingerprint density at radius 1 is 1.16 bits per heavy atom. The molecule has 1 aliphatic rings. The third kappa shape index (κ3) is 2.42. The van der Waals surface area contributed by atoms with Gasteiger partial charge in [0.1, 0.15) is 0 Å². The van der Waals surface area contributed by atoms with E-state index < -0.39 is 0 Å². The zero-order valence-corrected chi connectivity index (χ0v) is 11.8. The Kier molecular flexibility index (Phi) is 3.36. The van der Waals surface area contributed by atoms with E-state index >= 15 is 0 Å². The lowest BCUT2D eigenvalue weighted by atomic mass is 9.77. The van der Waals surface area contributed by atoms with E-state index in [1.165, 1.54) is 29.3 Å². The predicted octanol–water partition coefficient (Wildman–Crippen LogP) is 3.83. The minimum Gasteiger partial charge on any atom is -0.393 e. The van der Waals surface area contributed by atoms with Crippen molar-refractivity contribution in [1.82, 2.24) is 4.57 Å². The van der Waals surface area contributed by atoms with E-state index in [0.717, 1.165) is 12.8 Å². The van der Waals surface area contributed by atoms with E-state index in [0.29, 0.717) is 11.8 Å². The number of nitrogens with zero attached hydrogens (tertiary/aromatic N) is 1. The molecule has 3 rings (SSSR count). The van der Waals surface area contributed by atoms with Crippen molar-refractivity contribution in [2.45, 2.75) is 44.6 Å². The summed E-state index contributed by atoms with van der Waals surface area (Å²) in [5.41, 5.74) is 2.80. The van der Waals surface area contributed by atoms with Gasteiger partial charge in [-0.25, -0.2) is 0 Å². The lowest BCUT2D eigenvalue weighted by Crippen LogP contribution is -2.22. The Morgan fingerprint density at radius 3 is 2.58 bits per heavy atom. The molecule has 2 aromatic rings. The average molecular weight is 257 g/mol. The first-order valence-corrected chi connectivity index (χ1v) is 7.38. The number of fused-ring (bicyclic) bond motifs is 1. The van der Waals surface area contributed by atoms with Crippen LogP contribution in [0.3, 0.4) is 0 Å². The normalized spacial score (nSPS) is 25.6. The molecular formula is C17H23NO. The van der Waals surface area contributed by atoms with E-state index in [1.807, 2.05) is 6.92 Å². The van der Waals surface area contributed by atoms with Crippen molar-refractivity contribution < 1.29 is 5.11 Å². The number of aromatic nitrogens is 1. The maximum Gasteiger partial charge on any atom is 0.0540 e. The van der Waals surface area contributed by atoms with Crippen molar-refractivity contribution in [3.05, 3.63) is 36.0 Å². The van der Waals surface area contributed by atoms with Gasteiger partial charge < -0.3 is 9.67 Å². The molecule has 0 amide bonds. The van der Waals surface area contributed by atoms with Gasteiger partial charge >= 0.3 is 0 Å². The lowest BCUT2D eigenvalue weighted by Gasteiger charge is -2.30. The van der Waals surface area contributed by atoms with E-state index in [1.54, 1.807) is 0 Å². The van der Waals surface area contributed by atoms with Crippen LogP contribution in [0.1, 0.15) is 44.1 Å². The highest BCUT2D eigenvalue weighted by Crippen LogP contribution is 2.37. The van der Waals surface area contributed by atoms with Crippen LogP contribution in [0.25, 0.3) is 10.9 Å². The van der Waals surface area contributed by atoms with Crippen LogP contribution in [-0.2, 0) is 7.05 Å². The molecule has 1 aliphatic carbocycles. The summed E-state index contributed by atoms with van der Waals surface area (Å²) in [6.07, 6.45) is 6.73. The minimum atomic E-state index is -0.142. The first-order valence-electron chi connectivity index (χ1n) is 7.38. The molecule has 1 heterocycles. The first kappa shape index (κ1) is 12.7. The molecule has 2 nitrogen and oxygen atoms in total. The van der Waals surface area contributed by atoms with Gasteiger partial charge in [-0.3, -0.25) is 0 Å². The van der Waals surface area contributed by atoms with Crippen LogP contribution in [0.4, 0.5) is 0 Å². The molecule has 0 saturated heterocycles. The molecule has 102 valence electrons. The Hall–Kier alpha value is -1.28. The molecule has 0 spiro atoms. The molecule has 0 bridgehead atoms. The summed E-state index contributed by atoms with van der Waals surface area (Å²) in [6, 6.07) is 9.05. The molecule has 1 saturated carbocycles. The number of rotatable bonds is 2. The van der Waals surface area contributed by atoms with Gasteiger partial charge in [0.15, 0.2) is 0 Å². The maximum absolute atomic E-state index is 9.68. The predicted molar refractivity (Wildman–Crippen MR) is 79.3 cm³/mol. The van der Waals surface area contributed by atoms with Crippen molar-refractivity contribution >= 4 is 10.9 Å². The molecule has 1 aromatic carbocycles.